The normalized spacial score (nSPS) is 12.5. The van der Waals surface area contributed by atoms with Crippen molar-refractivity contribution in [3.8, 4) is 5.75 Å². The molecule has 0 aliphatic heterocycles. The fourth-order valence-corrected chi connectivity index (χ4v) is 5.60. The molecule has 1 atom stereocenters. The van der Waals surface area contributed by atoms with Crippen molar-refractivity contribution in [3.05, 3.63) is 42.1 Å². The van der Waals surface area contributed by atoms with Crippen LogP contribution in [0.5, 0.6) is 5.75 Å². The molecule has 1 aromatic carbocycles. The van der Waals surface area contributed by atoms with E-state index < -0.39 is 9.04 Å². The van der Waals surface area contributed by atoms with Crippen molar-refractivity contribution in [2.75, 3.05) is 5.50 Å². The summed E-state index contributed by atoms with van der Waals surface area (Å²) in [7, 11) is -1.45. The Balaban J connectivity index is 1.83. The number of rotatable bonds is 21. The van der Waals surface area contributed by atoms with E-state index in [-0.39, 0.29) is 0 Å². The second-order valence-electron chi connectivity index (χ2n) is 8.64. The van der Waals surface area contributed by atoms with Crippen LogP contribution in [-0.2, 0) is 0 Å². The molecule has 172 valence electrons. The Morgan fingerprint density at radius 2 is 1.17 bits per heavy atom. The third kappa shape index (κ3) is 17.0. The highest BCUT2D eigenvalue weighted by Crippen LogP contribution is 2.14. The van der Waals surface area contributed by atoms with Crippen molar-refractivity contribution >= 4 is 20.6 Å². The topological polar surface area (TPSA) is 9.23 Å². The zero-order chi connectivity index (χ0) is 21.5. The molecule has 0 fully saturated rings. The van der Waals surface area contributed by atoms with Gasteiger partial charge in [-0.15, -0.1) is 11.6 Å². The van der Waals surface area contributed by atoms with Gasteiger partial charge >= 0.3 is 0 Å². The minimum Gasteiger partial charge on any atom is -0.541 e. The third-order valence-electron chi connectivity index (χ3n) is 5.76. The van der Waals surface area contributed by atoms with E-state index in [1.54, 1.807) is 0 Å². The maximum Gasteiger partial charge on any atom is 0.274 e. The number of para-hydroxylation sites is 1. The maximum absolute atomic E-state index is 6.08. The van der Waals surface area contributed by atoms with E-state index in [9.17, 15) is 0 Å². The van der Waals surface area contributed by atoms with E-state index in [1.807, 2.05) is 30.3 Å². The molecule has 30 heavy (non-hydrogen) atoms. The van der Waals surface area contributed by atoms with Gasteiger partial charge in [-0.25, -0.2) is 0 Å². The van der Waals surface area contributed by atoms with E-state index >= 15 is 0 Å². The van der Waals surface area contributed by atoms with Crippen LogP contribution >= 0.6 is 11.6 Å². The molecule has 1 aromatic rings. The molecule has 0 amide bonds. The molecular weight excluding hydrogens is 404 g/mol. The molecule has 0 saturated heterocycles. The highest BCUT2D eigenvalue weighted by atomic mass is 35.5. The van der Waals surface area contributed by atoms with E-state index in [1.165, 1.54) is 103 Å². The SMILES string of the molecule is CCCCCCCCCCCCCCCCCCC=C[SiH](CCl)Oc1ccccc1. The molecule has 0 spiro atoms. The molecule has 0 aliphatic carbocycles. The van der Waals surface area contributed by atoms with Gasteiger partial charge in [-0.2, -0.15) is 0 Å². The van der Waals surface area contributed by atoms with Gasteiger partial charge in [-0.3, -0.25) is 0 Å². The number of benzene rings is 1. The van der Waals surface area contributed by atoms with Crippen LogP contribution in [0.15, 0.2) is 42.1 Å². The Kier molecular flexibility index (Phi) is 19.6. The molecule has 0 bridgehead atoms. The van der Waals surface area contributed by atoms with Gasteiger partial charge in [0, 0.05) is 0 Å². The molecule has 1 rings (SSSR count). The number of hydrogen-bond acceptors (Lipinski definition) is 1. The summed E-state index contributed by atoms with van der Waals surface area (Å²) in [4.78, 5) is 0. The summed E-state index contributed by atoms with van der Waals surface area (Å²) in [5.74, 6) is 0.946. The Bertz CT molecular complexity index is 491. The van der Waals surface area contributed by atoms with Crippen molar-refractivity contribution in [2.45, 2.75) is 116 Å². The summed E-state index contributed by atoms with van der Waals surface area (Å²) >= 11 is 6.08. The molecule has 0 saturated carbocycles. The average molecular weight is 451 g/mol. The van der Waals surface area contributed by atoms with Crippen LogP contribution in [0, 0.1) is 0 Å². The largest absolute Gasteiger partial charge is 0.541 e. The lowest BCUT2D eigenvalue weighted by Gasteiger charge is -2.11. The highest BCUT2D eigenvalue weighted by molar-refractivity contribution is 6.66. The van der Waals surface area contributed by atoms with Gasteiger partial charge in [-0.05, 0) is 25.0 Å². The molecule has 0 radical (unpaired) electrons. The van der Waals surface area contributed by atoms with E-state index in [0.717, 1.165) is 12.2 Å². The fourth-order valence-electron chi connectivity index (χ4n) is 3.85. The van der Waals surface area contributed by atoms with Crippen LogP contribution in [0.2, 0.25) is 0 Å². The number of unbranched alkanes of at least 4 members (excludes halogenated alkanes) is 16. The lowest BCUT2D eigenvalue weighted by Crippen LogP contribution is -2.21. The summed E-state index contributed by atoms with van der Waals surface area (Å²) in [6, 6.07) is 10.0. The predicted octanol–water partition coefficient (Wildman–Crippen LogP) is 9.31. The highest BCUT2D eigenvalue weighted by Gasteiger charge is 2.07. The number of alkyl halides is 1. The monoisotopic (exact) mass is 450 g/mol. The Hall–Kier alpha value is -0.733. The molecule has 3 heteroatoms. The zero-order valence-electron chi connectivity index (χ0n) is 19.6. The van der Waals surface area contributed by atoms with Crippen molar-refractivity contribution in [1.82, 2.24) is 0 Å². The summed E-state index contributed by atoms with van der Waals surface area (Å²) < 4.78 is 6.02. The smallest absolute Gasteiger partial charge is 0.274 e. The number of halogens is 1. The van der Waals surface area contributed by atoms with Crippen LogP contribution in [0.3, 0.4) is 0 Å². The lowest BCUT2D eigenvalue weighted by atomic mass is 10.0. The van der Waals surface area contributed by atoms with E-state index in [2.05, 4.69) is 18.7 Å². The number of hydrogen-bond donors (Lipinski definition) is 0. The predicted molar refractivity (Wildman–Crippen MR) is 138 cm³/mol. The Morgan fingerprint density at radius 1 is 0.700 bits per heavy atom. The first-order valence-corrected chi connectivity index (χ1v) is 15.3. The summed E-state index contributed by atoms with van der Waals surface area (Å²) in [5, 5.41) is 0. The average Bonchev–Trinajstić information content (AvgIpc) is 2.78. The van der Waals surface area contributed by atoms with Gasteiger partial charge in [0.25, 0.3) is 9.04 Å². The summed E-state index contributed by atoms with van der Waals surface area (Å²) in [5.41, 5.74) is 2.88. The van der Waals surface area contributed by atoms with Crippen molar-refractivity contribution in [2.24, 2.45) is 0 Å². The Morgan fingerprint density at radius 3 is 1.63 bits per heavy atom. The molecule has 1 nitrogen and oxygen atoms in total. The van der Waals surface area contributed by atoms with Crippen LogP contribution in [0.4, 0.5) is 0 Å². The first-order valence-electron chi connectivity index (χ1n) is 12.8. The third-order valence-corrected chi connectivity index (χ3v) is 8.25. The lowest BCUT2D eigenvalue weighted by molar-refractivity contribution is 0.530. The molecular formula is C27H47ClOSi. The molecule has 0 aliphatic rings. The van der Waals surface area contributed by atoms with Crippen molar-refractivity contribution in [3.63, 3.8) is 0 Å². The first kappa shape index (κ1) is 27.3. The molecule has 0 heterocycles. The fraction of sp³-hybridized carbons (Fsp3) is 0.704. The van der Waals surface area contributed by atoms with Crippen LogP contribution < -0.4 is 4.43 Å². The minimum atomic E-state index is -1.45. The minimum absolute atomic E-state index is 0.629. The second-order valence-corrected chi connectivity index (χ2v) is 11.6. The van der Waals surface area contributed by atoms with E-state index in [0.29, 0.717) is 5.50 Å². The molecule has 0 N–H and O–H groups in total. The first-order chi connectivity index (χ1) is 14.9. The van der Waals surface area contributed by atoms with Crippen LogP contribution in [-0.4, -0.2) is 14.5 Å². The van der Waals surface area contributed by atoms with E-state index in [4.69, 9.17) is 16.0 Å². The summed E-state index contributed by atoms with van der Waals surface area (Å²) in [6.07, 6.45) is 26.2. The van der Waals surface area contributed by atoms with Crippen LogP contribution in [0.1, 0.15) is 116 Å². The van der Waals surface area contributed by atoms with Gasteiger partial charge in [0.2, 0.25) is 0 Å². The zero-order valence-corrected chi connectivity index (χ0v) is 21.5. The summed E-state index contributed by atoms with van der Waals surface area (Å²) in [6.45, 7) is 2.29. The second kappa shape index (κ2) is 21.5. The molecule has 0 aromatic heterocycles. The maximum atomic E-state index is 6.08. The quantitative estimate of drug-likeness (QED) is 0.103. The van der Waals surface area contributed by atoms with Gasteiger partial charge in [0.05, 0.1) is 5.50 Å². The standard InChI is InChI=1S/C27H47ClOSi/c1-2-3-4-5-6-7-8-9-10-11-12-13-14-15-16-17-18-22-25-30(26-28)29-27-23-20-19-21-24-27/h19-25,30H,2-18,26H2,1H3. The van der Waals surface area contributed by atoms with Gasteiger partial charge in [0.1, 0.15) is 5.75 Å². The van der Waals surface area contributed by atoms with Gasteiger partial charge in [0.15, 0.2) is 0 Å². The van der Waals surface area contributed by atoms with Crippen LogP contribution in [0.25, 0.3) is 0 Å². The van der Waals surface area contributed by atoms with Gasteiger partial charge < -0.3 is 4.43 Å². The number of allylic oxidation sites excluding steroid dienone is 1. The molecule has 1 unspecified atom stereocenters. The van der Waals surface area contributed by atoms with Gasteiger partial charge in [-0.1, -0.05) is 133 Å². The van der Waals surface area contributed by atoms with Crippen molar-refractivity contribution in [1.29, 1.82) is 0 Å². The Labute approximate surface area is 194 Å². The van der Waals surface area contributed by atoms with Crippen molar-refractivity contribution < 1.29 is 4.43 Å².